The summed E-state index contributed by atoms with van der Waals surface area (Å²) in [5.74, 6) is -0.534. The summed E-state index contributed by atoms with van der Waals surface area (Å²) >= 11 is 0. The molecular formula is C18H14O3. The van der Waals surface area contributed by atoms with Crippen LogP contribution in [0.1, 0.15) is 43.5 Å². The fourth-order valence-corrected chi connectivity index (χ4v) is 3.34. The van der Waals surface area contributed by atoms with E-state index >= 15 is 0 Å². The van der Waals surface area contributed by atoms with E-state index in [1.807, 2.05) is 43.3 Å². The Kier molecular flexibility index (Phi) is 2.52. The summed E-state index contributed by atoms with van der Waals surface area (Å²) in [6.07, 6.45) is 0.190. The third-order valence-electron chi connectivity index (χ3n) is 4.39. The Morgan fingerprint density at radius 3 is 2.71 bits per heavy atom. The molecule has 0 aromatic heterocycles. The van der Waals surface area contributed by atoms with Gasteiger partial charge in [0, 0.05) is 11.1 Å². The lowest BCUT2D eigenvalue weighted by molar-refractivity contribution is 0.0252. The number of ketones is 1. The summed E-state index contributed by atoms with van der Waals surface area (Å²) in [6.45, 7) is 1.98. The first-order chi connectivity index (χ1) is 10.1. The molecule has 3 nitrogen and oxygen atoms in total. The van der Waals surface area contributed by atoms with Crippen LogP contribution >= 0.6 is 0 Å². The number of carbonyl (C=O) groups excluding carboxylic acids is 2. The van der Waals surface area contributed by atoms with E-state index in [1.54, 1.807) is 6.07 Å². The van der Waals surface area contributed by atoms with Gasteiger partial charge in [0.2, 0.25) is 0 Å². The van der Waals surface area contributed by atoms with Crippen LogP contribution in [0.25, 0.3) is 0 Å². The van der Waals surface area contributed by atoms with Crippen LogP contribution in [0, 0.1) is 12.8 Å². The molecular weight excluding hydrogens is 264 g/mol. The Morgan fingerprint density at radius 2 is 1.86 bits per heavy atom. The minimum Gasteiger partial charge on any atom is -0.453 e. The van der Waals surface area contributed by atoms with Gasteiger partial charge in [0.05, 0.1) is 11.5 Å². The number of fused-ring (bicyclic) bond motifs is 2. The van der Waals surface area contributed by atoms with Gasteiger partial charge in [-0.15, -0.1) is 0 Å². The molecule has 0 spiro atoms. The maximum atomic E-state index is 12.7. The molecule has 1 aliphatic carbocycles. The van der Waals surface area contributed by atoms with Gasteiger partial charge in [-0.2, -0.15) is 0 Å². The van der Waals surface area contributed by atoms with Gasteiger partial charge in [0.25, 0.3) is 0 Å². The summed E-state index contributed by atoms with van der Waals surface area (Å²) in [6, 6.07) is 13.3. The van der Waals surface area contributed by atoms with Crippen molar-refractivity contribution in [1.29, 1.82) is 0 Å². The summed E-state index contributed by atoms with van der Waals surface area (Å²) in [7, 11) is 0. The van der Waals surface area contributed by atoms with Crippen molar-refractivity contribution in [3.05, 3.63) is 70.3 Å². The molecule has 0 fully saturated rings. The number of hydrogen-bond acceptors (Lipinski definition) is 3. The second kappa shape index (κ2) is 4.29. The Morgan fingerprint density at radius 1 is 1.05 bits per heavy atom. The monoisotopic (exact) mass is 278 g/mol. The van der Waals surface area contributed by atoms with Gasteiger partial charge in [-0.05, 0) is 31.0 Å². The molecule has 2 aliphatic rings. The van der Waals surface area contributed by atoms with Crippen LogP contribution in [0.3, 0.4) is 0 Å². The second-order valence-corrected chi connectivity index (χ2v) is 5.75. The standard InChI is InChI=1S/C18H14O3/c1-10-6-7-11-9-15(16(19)14(11)8-10)17-12-4-2-3-5-13(12)18(20)21-17/h2-8,15,17H,9H2,1H3. The molecule has 1 heterocycles. The van der Waals surface area contributed by atoms with E-state index in [4.69, 9.17) is 4.74 Å². The van der Waals surface area contributed by atoms with E-state index in [-0.39, 0.29) is 17.7 Å². The summed E-state index contributed by atoms with van der Waals surface area (Å²) in [5, 5.41) is 0. The van der Waals surface area contributed by atoms with Crippen molar-refractivity contribution >= 4 is 11.8 Å². The Labute approximate surface area is 122 Å². The van der Waals surface area contributed by atoms with Crippen LogP contribution in [-0.2, 0) is 11.2 Å². The van der Waals surface area contributed by atoms with Crippen molar-refractivity contribution in [2.45, 2.75) is 19.4 Å². The van der Waals surface area contributed by atoms with Crippen LogP contribution in [-0.4, -0.2) is 11.8 Å². The molecule has 0 bridgehead atoms. The van der Waals surface area contributed by atoms with Crippen LogP contribution in [0.4, 0.5) is 0 Å². The molecule has 1 aliphatic heterocycles. The third-order valence-corrected chi connectivity index (χ3v) is 4.39. The van der Waals surface area contributed by atoms with Crippen molar-refractivity contribution in [3.8, 4) is 0 Å². The molecule has 0 N–H and O–H groups in total. The number of aryl methyl sites for hydroxylation is 1. The van der Waals surface area contributed by atoms with E-state index in [0.717, 1.165) is 22.3 Å². The molecule has 2 aromatic carbocycles. The van der Waals surface area contributed by atoms with Gasteiger partial charge in [-0.25, -0.2) is 4.79 Å². The molecule has 3 heteroatoms. The number of esters is 1. The smallest absolute Gasteiger partial charge is 0.339 e. The molecule has 2 unspecified atom stereocenters. The second-order valence-electron chi connectivity index (χ2n) is 5.75. The normalized spacial score (nSPS) is 22.9. The first kappa shape index (κ1) is 12.3. The van der Waals surface area contributed by atoms with Crippen LogP contribution in [0.5, 0.6) is 0 Å². The molecule has 0 saturated carbocycles. The lowest BCUT2D eigenvalue weighted by Crippen LogP contribution is -2.19. The lowest BCUT2D eigenvalue weighted by Gasteiger charge is -2.16. The van der Waals surface area contributed by atoms with Crippen molar-refractivity contribution in [2.24, 2.45) is 5.92 Å². The Hall–Kier alpha value is -2.42. The van der Waals surface area contributed by atoms with Crippen LogP contribution < -0.4 is 0 Å². The topological polar surface area (TPSA) is 43.4 Å². The SMILES string of the molecule is Cc1ccc2c(c1)C(=O)C(C1OC(=O)c3ccccc31)C2. The predicted molar refractivity (Wildman–Crippen MR) is 77.3 cm³/mol. The molecule has 21 heavy (non-hydrogen) atoms. The fourth-order valence-electron chi connectivity index (χ4n) is 3.34. The predicted octanol–water partition coefficient (Wildman–Crippen LogP) is 3.26. The summed E-state index contributed by atoms with van der Waals surface area (Å²) < 4.78 is 5.49. The van der Waals surface area contributed by atoms with Crippen LogP contribution in [0.15, 0.2) is 42.5 Å². The quantitative estimate of drug-likeness (QED) is 0.752. The van der Waals surface area contributed by atoms with Gasteiger partial charge in [0.1, 0.15) is 6.10 Å². The number of hydrogen-bond donors (Lipinski definition) is 0. The number of Topliss-reactive ketones (excluding diaryl/α,β-unsaturated/α-hetero) is 1. The van der Waals surface area contributed by atoms with E-state index in [2.05, 4.69) is 0 Å². The van der Waals surface area contributed by atoms with Gasteiger partial charge in [-0.1, -0.05) is 35.9 Å². The number of cyclic esters (lactones) is 1. The molecule has 0 amide bonds. The number of benzene rings is 2. The van der Waals surface area contributed by atoms with Gasteiger partial charge in [-0.3, -0.25) is 4.79 Å². The minimum atomic E-state index is -0.450. The highest BCUT2D eigenvalue weighted by molar-refractivity contribution is 6.04. The zero-order valence-electron chi connectivity index (χ0n) is 11.6. The third kappa shape index (κ3) is 1.74. The summed E-state index contributed by atoms with van der Waals surface area (Å²) in [4.78, 5) is 24.6. The minimum absolute atomic E-state index is 0.0863. The maximum Gasteiger partial charge on any atom is 0.339 e. The van der Waals surface area contributed by atoms with Crippen molar-refractivity contribution in [3.63, 3.8) is 0 Å². The molecule has 2 aromatic rings. The van der Waals surface area contributed by atoms with Crippen molar-refractivity contribution in [2.75, 3.05) is 0 Å². The highest BCUT2D eigenvalue weighted by Crippen LogP contribution is 2.42. The lowest BCUT2D eigenvalue weighted by atomic mass is 9.91. The first-order valence-electron chi connectivity index (χ1n) is 7.09. The van der Waals surface area contributed by atoms with Gasteiger partial charge < -0.3 is 4.74 Å². The van der Waals surface area contributed by atoms with Crippen LogP contribution in [0.2, 0.25) is 0 Å². The highest BCUT2D eigenvalue weighted by atomic mass is 16.5. The van der Waals surface area contributed by atoms with Gasteiger partial charge in [0.15, 0.2) is 5.78 Å². The number of carbonyl (C=O) groups is 2. The first-order valence-corrected chi connectivity index (χ1v) is 7.09. The molecule has 0 radical (unpaired) electrons. The van der Waals surface area contributed by atoms with E-state index < -0.39 is 6.10 Å². The zero-order valence-corrected chi connectivity index (χ0v) is 11.6. The van der Waals surface area contributed by atoms with Gasteiger partial charge >= 0.3 is 5.97 Å². The average molecular weight is 278 g/mol. The fraction of sp³-hybridized carbons (Fsp3) is 0.222. The van der Waals surface area contributed by atoms with E-state index in [1.165, 1.54) is 0 Å². The van der Waals surface area contributed by atoms with E-state index in [0.29, 0.717) is 12.0 Å². The maximum absolute atomic E-state index is 12.7. The Balaban J connectivity index is 1.75. The number of ether oxygens (including phenoxy) is 1. The van der Waals surface area contributed by atoms with E-state index in [9.17, 15) is 9.59 Å². The molecule has 4 rings (SSSR count). The largest absolute Gasteiger partial charge is 0.453 e. The summed E-state index contributed by atoms with van der Waals surface area (Å²) in [5.41, 5.74) is 4.33. The molecule has 0 saturated heterocycles. The average Bonchev–Trinajstić information content (AvgIpc) is 2.98. The molecule has 104 valence electrons. The highest BCUT2D eigenvalue weighted by Gasteiger charge is 2.43. The Bertz CT molecular complexity index is 776. The van der Waals surface area contributed by atoms with Crippen molar-refractivity contribution in [1.82, 2.24) is 0 Å². The zero-order chi connectivity index (χ0) is 14.6. The number of rotatable bonds is 1. The molecule has 2 atom stereocenters. The van der Waals surface area contributed by atoms with Crippen molar-refractivity contribution < 1.29 is 14.3 Å².